The quantitative estimate of drug-likeness (QED) is 0.674. The molecule has 0 unspecified atom stereocenters. The SMILES string of the molecule is O=[N+]([O-])/C=C1\NCCCN1Cc1ccc(Cl)cc1. The maximum Gasteiger partial charge on any atom is 0.274 e. The molecule has 0 atom stereocenters. The number of hydrogen-bond acceptors (Lipinski definition) is 4. The third kappa shape index (κ3) is 3.37. The van der Waals surface area contributed by atoms with E-state index in [2.05, 4.69) is 5.32 Å². The van der Waals surface area contributed by atoms with Crippen molar-refractivity contribution in [1.82, 2.24) is 10.2 Å². The minimum absolute atomic E-state index is 0.428. The summed E-state index contributed by atoms with van der Waals surface area (Å²) in [5.74, 6) is 0.571. The minimum Gasteiger partial charge on any atom is -0.367 e. The van der Waals surface area contributed by atoms with Crippen molar-refractivity contribution < 1.29 is 4.92 Å². The van der Waals surface area contributed by atoms with E-state index in [4.69, 9.17) is 11.6 Å². The second kappa shape index (κ2) is 5.73. The summed E-state index contributed by atoms with van der Waals surface area (Å²) in [5, 5.41) is 14.3. The van der Waals surface area contributed by atoms with Crippen molar-refractivity contribution in [3.8, 4) is 0 Å². The van der Waals surface area contributed by atoms with E-state index in [1.807, 2.05) is 29.2 Å². The molecule has 0 saturated carbocycles. The minimum atomic E-state index is -0.428. The van der Waals surface area contributed by atoms with Gasteiger partial charge in [0.2, 0.25) is 0 Å². The smallest absolute Gasteiger partial charge is 0.274 e. The number of rotatable bonds is 3. The molecule has 18 heavy (non-hydrogen) atoms. The first-order chi connectivity index (χ1) is 8.65. The molecule has 1 aromatic carbocycles. The lowest BCUT2D eigenvalue weighted by Crippen LogP contribution is -2.39. The Hall–Kier alpha value is -1.75. The van der Waals surface area contributed by atoms with E-state index < -0.39 is 4.92 Å². The van der Waals surface area contributed by atoms with Crippen molar-refractivity contribution in [3.05, 3.63) is 57.0 Å². The van der Waals surface area contributed by atoms with Crippen LogP contribution in [0.2, 0.25) is 5.02 Å². The molecule has 96 valence electrons. The summed E-state index contributed by atoms with van der Waals surface area (Å²) in [6.45, 7) is 2.23. The highest BCUT2D eigenvalue weighted by Crippen LogP contribution is 2.15. The Kier molecular flexibility index (Phi) is 4.04. The molecule has 2 rings (SSSR count). The van der Waals surface area contributed by atoms with E-state index >= 15 is 0 Å². The van der Waals surface area contributed by atoms with Gasteiger partial charge in [0.1, 0.15) is 0 Å². The molecule has 1 aromatic rings. The van der Waals surface area contributed by atoms with Crippen molar-refractivity contribution in [2.24, 2.45) is 0 Å². The second-order valence-electron chi connectivity index (χ2n) is 4.13. The molecular formula is C12H14ClN3O2. The number of nitrogens with zero attached hydrogens (tertiary/aromatic N) is 2. The van der Waals surface area contributed by atoms with E-state index in [-0.39, 0.29) is 0 Å². The molecule has 0 aliphatic carbocycles. The average molecular weight is 268 g/mol. The van der Waals surface area contributed by atoms with Crippen LogP contribution in [-0.2, 0) is 6.54 Å². The molecular weight excluding hydrogens is 254 g/mol. The first kappa shape index (κ1) is 12.7. The molecule has 1 N–H and O–H groups in total. The van der Waals surface area contributed by atoms with Crippen LogP contribution in [0.4, 0.5) is 0 Å². The van der Waals surface area contributed by atoms with Crippen LogP contribution >= 0.6 is 11.6 Å². The van der Waals surface area contributed by atoms with Gasteiger partial charge in [0.25, 0.3) is 6.20 Å². The van der Waals surface area contributed by atoms with Crippen molar-refractivity contribution in [2.45, 2.75) is 13.0 Å². The summed E-state index contributed by atoms with van der Waals surface area (Å²) < 4.78 is 0. The monoisotopic (exact) mass is 267 g/mol. The van der Waals surface area contributed by atoms with E-state index in [0.717, 1.165) is 31.3 Å². The lowest BCUT2D eigenvalue weighted by molar-refractivity contribution is -0.405. The molecule has 0 bridgehead atoms. The molecule has 6 heteroatoms. The van der Waals surface area contributed by atoms with E-state index in [0.29, 0.717) is 17.4 Å². The summed E-state index contributed by atoms with van der Waals surface area (Å²) in [4.78, 5) is 12.1. The van der Waals surface area contributed by atoms with Gasteiger partial charge in [-0.25, -0.2) is 0 Å². The highest BCUT2D eigenvalue weighted by Gasteiger charge is 2.17. The predicted octanol–water partition coefficient (Wildman–Crippen LogP) is 2.21. The van der Waals surface area contributed by atoms with Gasteiger partial charge in [-0.2, -0.15) is 0 Å². The molecule has 5 nitrogen and oxygen atoms in total. The van der Waals surface area contributed by atoms with Crippen molar-refractivity contribution >= 4 is 11.6 Å². The van der Waals surface area contributed by atoms with Crippen LogP contribution in [0.25, 0.3) is 0 Å². The molecule has 0 amide bonds. The van der Waals surface area contributed by atoms with Crippen LogP contribution in [-0.4, -0.2) is 22.9 Å². The van der Waals surface area contributed by atoms with Crippen molar-refractivity contribution in [2.75, 3.05) is 13.1 Å². The summed E-state index contributed by atoms with van der Waals surface area (Å²) in [6.07, 6.45) is 2.00. The van der Waals surface area contributed by atoms with Crippen LogP contribution in [0.15, 0.2) is 36.3 Å². The maximum absolute atomic E-state index is 10.6. The van der Waals surface area contributed by atoms with E-state index in [9.17, 15) is 10.1 Å². The zero-order chi connectivity index (χ0) is 13.0. The average Bonchev–Trinajstić information content (AvgIpc) is 2.34. The molecule has 1 aliphatic heterocycles. The normalized spacial score (nSPS) is 17.6. The summed E-state index contributed by atoms with van der Waals surface area (Å²) in [5.41, 5.74) is 1.08. The lowest BCUT2D eigenvalue weighted by atomic mass is 10.2. The van der Waals surface area contributed by atoms with Gasteiger partial charge >= 0.3 is 0 Å². The van der Waals surface area contributed by atoms with Gasteiger partial charge in [-0.3, -0.25) is 10.1 Å². The fourth-order valence-electron chi connectivity index (χ4n) is 1.92. The standard InChI is InChI=1S/C12H14ClN3O2/c13-11-4-2-10(3-5-11)8-15-7-1-6-14-12(15)9-16(17)18/h2-5,9,14H,1,6-8H2/b12-9+. The number of halogens is 1. The summed E-state index contributed by atoms with van der Waals surface area (Å²) in [7, 11) is 0. The van der Waals surface area contributed by atoms with Crippen molar-refractivity contribution in [1.29, 1.82) is 0 Å². The molecule has 0 radical (unpaired) electrons. The highest BCUT2D eigenvalue weighted by atomic mass is 35.5. The van der Waals surface area contributed by atoms with Crippen LogP contribution in [0.1, 0.15) is 12.0 Å². The van der Waals surface area contributed by atoms with Gasteiger partial charge in [0, 0.05) is 24.7 Å². The number of benzene rings is 1. The largest absolute Gasteiger partial charge is 0.367 e. The summed E-state index contributed by atoms with van der Waals surface area (Å²) in [6, 6.07) is 7.51. The van der Waals surface area contributed by atoms with Crippen LogP contribution < -0.4 is 5.32 Å². The number of nitro groups is 1. The molecule has 1 heterocycles. The number of nitrogens with one attached hydrogen (secondary N) is 1. The zero-order valence-corrected chi connectivity index (χ0v) is 10.6. The lowest BCUT2D eigenvalue weighted by Gasteiger charge is -2.30. The second-order valence-corrected chi connectivity index (χ2v) is 4.56. The van der Waals surface area contributed by atoms with Gasteiger partial charge in [-0.05, 0) is 24.1 Å². The molecule has 0 aromatic heterocycles. The van der Waals surface area contributed by atoms with Gasteiger partial charge in [0.05, 0.1) is 4.92 Å². The predicted molar refractivity (Wildman–Crippen MR) is 69.6 cm³/mol. The molecule has 0 spiro atoms. The fourth-order valence-corrected chi connectivity index (χ4v) is 2.05. The van der Waals surface area contributed by atoms with E-state index in [1.54, 1.807) is 0 Å². The molecule has 1 fully saturated rings. The first-order valence-corrected chi connectivity index (χ1v) is 6.11. The van der Waals surface area contributed by atoms with Crippen LogP contribution in [0, 0.1) is 10.1 Å². The molecule has 1 aliphatic rings. The van der Waals surface area contributed by atoms with Gasteiger partial charge < -0.3 is 10.2 Å². The van der Waals surface area contributed by atoms with Gasteiger partial charge in [-0.15, -0.1) is 0 Å². The Bertz CT molecular complexity index is 459. The van der Waals surface area contributed by atoms with Gasteiger partial charge in [-0.1, -0.05) is 23.7 Å². The van der Waals surface area contributed by atoms with Gasteiger partial charge in [0.15, 0.2) is 5.82 Å². The maximum atomic E-state index is 10.6. The van der Waals surface area contributed by atoms with Crippen LogP contribution in [0.5, 0.6) is 0 Å². The first-order valence-electron chi connectivity index (χ1n) is 5.74. The fraction of sp³-hybridized carbons (Fsp3) is 0.333. The molecule has 1 saturated heterocycles. The number of hydrogen-bond donors (Lipinski definition) is 1. The Morgan fingerprint density at radius 3 is 2.83 bits per heavy atom. The Labute approximate surface area is 110 Å². The Morgan fingerprint density at radius 1 is 1.44 bits per heavy atom. The topological polar surface area (TPSA) is 58.4 Å². The zero-order valence-electron chi connectivity index (χ0n) is 9.80. The van der Waals surface area contributed by atoms with Crippen LogP contribution in [0.3, 0.4) is 0 Å². The highest BCUT2D eigenvalue weighted by molar-refractivity contribution is 6.30. The Morgan fingerprint density at radius 2 is 2.17 bits per heavy atom. The third-order valence-electron chi connectivity index (χ3n) is 2.77. The Balaban J connectivity index is 2.10. The van der Waals surface area contributed by atoms with Crippen molar-refractivity contribution in [3.63, 3.8) is 0 Å². The third-order valence-corrected chi connectivity index (χ3v) is 3.02. The van der Waals surface area contributed by atoms with E-state index in [1.165, 1.54) is 0 Å². The summed E-state index contributed by atoms with van der Waals surface area (Å²) >= 11 is 5.83.